The average molecular weight is 173 g/mol. The van der Waals surface area contributed by atoms with Crippen LogP contribution in [0.1, 0.15) is 18.9 Å². The van der Waals surface area contributed by atoms with Crippen molar-refractivity contribution in [1.29, 1.82) is 0 Å². The van der Waals surface area contributed by atoms with Gasteiger partial charge >= 0.3 is 0 Å². The predicted molar refractivity (Wildman–Crippen MR) is 54.5 cm³/mol. The lowest BCUT2D eigenvalue weighted by atomic mass is 10.1. The molecule has 0 fully saturated rings. The second kappa shape index (κ2) is 5.20. The summed E-state index contributed by atoms with van der Waals surface area (Å²) in [7, 11) is 0. The molecule has 0 saturated carbocycles. The van der Waals surface area contributed by atoms with Crippen LogP contribution in [0.3, 0.4) is 0 Å². The highest BCUT2D eigenvalue weighted by molar-refractivity contribution is 5.72. The summed E-state index contributed by atoms with van der Waals surface area (Å²) in [5.74, 6) is 0. The van der Waals surface area contributed by atoms with Gasteiger partial charge in [-0.05, 0) is 12.0 Å². The monoisotopic (exact) mass is 173 g/mol. The summed E-state index contributed by atoms with van der Waals surface area (Å²) in [5.41, 5.74) is 1.71. The molecule has 0 aromatic heterocycles. The molecule has 0 aliphatic rings. The van der Waals surface area contributed by atoms with E-state index in [4.69, 9.17) is 0 Å². The summed E-state index contributed by atoms with van der Waals surface area (Å²) in [4.78, 5) is 0. The van der Waals surface area contributed by atoms with Crippen molar-refractivity contribution in [3.05, 3.63) is 54.3 Å². The van der Waals surface area contributed by atoms with Crippen LogP contribution in [0.15, 0.2) is 48.7 Å². The Morgan fingerprint density at radius 2 is 2.00 bits per heavy atom. The zero-order chi connectivity index (χ0) is 9.52. The normalized spacial score (nSPS) is 12.2. The Kier molecular flexibility index (Phi) is 3.83. The maximum Gasteiger partial charge on any atom is 0.150 e. The van der Waals surface area contributed by atoms with Gasteiger partial charge in [-0.2, -0.15) is 0 Å². The smallest absolute Gasteiger partial charge is 0.150 e. The van der Waals surface area contributed by atoms with Gasteiger partial charge < -0.3 is 0 Å². The molecular weight excluding hydrogens is 160 g/mol. The fourth-order valence-corrected chi connectivity index (χ4v) is 1.08. The van der Waals surface area contributed by atoms with Crippen LogP contribution >= 0.6 is 0 Å². The molecule has 1 aromatic rings. The molecule has 1 aromatic carbocycles. The van der Waals surface area contributed by atoms with Gasteiger partial charge in [-0.1, -0.05) is 49.4 Å². The minimum absolute atomic E-state index is 0.738. The van der Waals surface area contributed by atoms with E-state index in [0.29, 0.717) is 0 Å². The van der Waals surface area contributed by atoms with E-state index < -0.39 is 0 Å². The van der Waals surface area contributed by atoms with Crippen molar-refractivity contribution in [2.45, 2.75) is 13.3 Å². The van der Waals surface area contributed by atoms with Gasteiger partial charge in [0.25, 0.3) is 0 Å². The number of hydrogen-bond acceptors (Lipinski definition) is 0. The van der Waals surface area contributed by atoms with E-state index in [1.54, 1.807) is 0 Å². The van der Waals surface area contributed by atoms with Gasteiger partial charge in [0.1, 0.15) is 0 Å². The molecule has 67 valence electrons. The quantitative estimate of drug-likeness (QED) is 0.493. The van der Waals surface area contributed by atoms with Crippen LogP contribution in [0.25, 0.3) is 5.57 Å². The summed E-state index contributed by atoms with van der Waals surface area (Å²) in [6.07, 6.45) is 5.69. The Morgan fingerprint density at radius 3 is 2.54 bits per heavy atom. The standard InChI is InChI=1S/C12H13O/c1-2-3-7-12(10-13)11-8-5-4-6-9-11/h3-10H,2H2,1H3. The Morgan fingerprint density at radius 1 is 1.31 bits per heavy atom. The average Bonchev–Trinajstić information content (AvgIpc) is 2.21. The lowest BCUT2D eigenvalue weighted by Gasteiger charge is -1.98. The van der Waals surface area contributed by atoms with Crippen LogP contribution < -0.4 is 0 Å². The van der Waals surface area contributed by atoms with E-state index in [1.165, 1.54) is 0 Å². The summed E-state index contributed by atoms with van der Waals surface area (Å²) in [5, 5.41) is 10.7. The Bertz CT molecular complexity index is 296. The van der Waals surface area contributed by atoms with E-state index in [-0.39, 0.29) is 0 Å². The van der Waals surface area contributed by atoms with Crippen molar-refractivity contribution in [2.24, 2.45) is 0 Å². The second-order valence-electron chi connectivity index (χ2n) is 2.75. The molecule has 1 radical (unpaired) electrons. The van der Waals surface area contributed by atoms with Crippen molar-refractivity contribution in [3.8, 4) is 0 Å². The van der Waals surface area contributed by atoms with Crippen molar-refractivity contribution >= 4 is 5.57 Å². The van der Waals surface area contributed by atoms with Crippen LogP contribution in [0.4, 0.5) is 0 Å². The molecule has 1 heteroatoms. The lowest BCUT2D eigenvalue weighted by Crippen LogP contribution is -1.78. The number of hydrogen-bond donors (Lipinski definition) is 0. The third-order valence-corrected chi connectivity index (χ3v) is 1.77. The molecule has 1 nitrogen and oxygen atoms in total. The Hall–Kier alpha value is -1.50. The van der Waals surface area contributed by atoms with Gasteiger partial charge in [-0.3, -0.25) is 5.11 Å². The molecule has 0 spiro atoms. The number of benzene rings is 1. The van der Waals surface area contributed by atoms with E-state index in [1.807, 2.05) is 49.4 Å². The maximum absolute atomic E-state index is 10.7. The van der Waals surface area contributed by atoms with Crippen molar-refractivity contribution in [1.82, 2.24) is 0 Å². The zero-order valence-electron chi connectivity index (χ0n) is 7.73. The topological polar surface area (TPSA) is 19.9 Å². The van der Waals surface area contributed by atoms with E-state index in [9.17, 15) is 5.11 Å². The molecule has 0 unspecified atom stereocenters. The molecule has 0 aliphatic carbocycles. The predicted octanol–water partition coefficient (Wildman–Crippen LogP) is 3.42. The third-order valence-electron chi connectivity index (χ3n) is 1.77. The zero-order valence-corrected chi connectivity index (χ0v) is 7.73. The Balaban J connectivity index is 2.87. The van der Waals surface area contributed by atoms with Crippen molar-refractivity contribution < 1.29 is 5.11 Å². The Labute approximate surface area is 79.0 Å². The fraction of sp³-hybridized carbons (Fsp3) is 0.167. The van der Waals surface area contributed by atoms with E-state index in [2.05, 4.69) is 0 Å². The van der Waals surface area contributed by atoms with Gasteiger partial charge in [0, 0.05) is 5.57 Å². The van der Waals surface area contributed by atoms with Crippen LogP contribution in [-0.2, 0) is 5.11 Å². The largest absolute Gasteiger partial charge is 0.298 e. The van der Waals surface area contributed by atoms with Gasteiger partial charge in [0.05, 0.1) is 0 Å². The number of rotatable bonds is 3. The fourth-order valence-electron chi connectivity index (χ4n) is 1.08. The van der Waals surface area contributed by atoms with Gasteiger partial charge in [-0.15, -0.1) is 0 Å². The highest BCUT2D eigenvalue weighted by Crippen LogP contribution is 2.14. The summed E-state index contributed by atoms with van der Waals surface area (Å²) < 4.78 is 0. The highest BCUT2D eigenvalue weighted by Gasteiger charge is 1.95. The molecule has 0 amide bonds. The molecular formula is C12H13O. The van der Waals surface area contributed by atoms with Gasteiger partial charge in [0.2, 0.25) is 0 Å². The first-order valence-electron chi connectivity index (χ1n) is 4.42. The third kappa shape index (κ3) is 2.79. The minimum atomic E-state index is 0.738. The molecule has 0 atom stereocenters. The van der Waals surface area contributed by atoms with Crippen LogP contribution in [0.2, 0.25) is 0 Å². The molecule has 0 heterocycles. The minimum Gasteiger partial charge on any atom is -0.298 e. The molecule has 0 bridgehead atoms. The first-order valence-corrected chi connectivity index (χ1v) is 4.42. The summed E-state index contributed by atoms with van der Waals surface area (Å²) in [6, 6.07) is 9.67. The van der Waals surface area contributed by atoms with Crippen LogP contribution in [0, 0.1) is 0 Å². The van der Waals surface area contributed by atoms with Crippen LogP contribution in [0.5, 0.6) is 0 Å². The van der Waals surface area contributed by atoms with E-state index in [0.717, 1.165) is 23.8 Å². The lowest BCUT2D eigenvalue weighted by molar-refractivity contribution is 0.354. The first kappa shape index (κ1) is 9.59. The SMILES string of the molecule is CCC=CC(=C[O])c1ccccc1. The molecule has 0 saturated heterocycles. The molecule has 1 rings (SSSR count). The van der Waals surface area contributed by atoms with Gasteiger partial charge in [-0.25, -0.2) is 0 Å². The van der Waals surface area contributed by atoms with Crippen molar-refractivity contribution in [2.75, 3.05) is 0 Å². The molecule has 0 N–H and O–H groups in total. The summed E-state index contributed by atoms with van der Waals surface area (Å²) >= 11 is 0. The summed E-state index contributed by atoms with van der Waals surface area (Å²) in [6.45, 7) is 2.05. The highest BCUT2D eigenvalue weighted by atomic mass is 16.2. The van der Waals surface area contributed by atoms with Gasteiger partial charge in [0.15, 0.2) is 6.26 Å². The first-order chi connectivity index (χ1) is 6.38. The van der Waals surface area contributed by atoms with E-state index >= 15 is 0 Å². The molecule has 0 aliphatic heterocycles. The van der Waals surface area contributed by atoms with Crippen molar-refractivity contribution in [3.63, 3.8) is 0 Å². The maximum atomic E-state index is 10.7. The van der Waals surface area contributed by atoms with Crippen LogP contribution in [-0.4, -0.2) is 0 Å². The second-order valence-corrected chi connectivity index (χ2v) is 2.75. The number of allylic oxidation sites excluding steroid dienone is 3. The molecule has 13 heavy (non-hydrogen) atoms.